The topological polar surface area (TPSA) is 83.8 Å². The molecule has 2 N–H and O–H groups in total. The number of carbonyl (C=O) groups excluding carboxylic acids is 2. The molecule has 0 spiro atoms. The first-order valence-electron chi connectivity index (χ1n) is 5.13. The molecule has 2 unspecified atom stereocenters. The summed E-state index contributed by atoms with van der Waals surface area (Å²) in [5, 5.41) is 20.9. The number of aliphatic hydroxyl groups excluding tert-OH is 2. The fourth-order valence-corrected chi connectivity index (χ4v) is 2.05. The molecule has 0 aliphatic carbocycles. The van der Waals surface area contributed by atoms with E-state index < -0.39 is 18.2 Å². The predicted octanol–water partition coefficient (Wildman–Crippen LogP) is 0.908. The van der Waals surface area contributed by atoms with Crippen LogP contribution in [0.1, 0.15) is 34.7 Å². The first kappa shape index (κ1) is 13.8. The average molecular weight is 258 g/mol. The van der Waals surface area contributed by atoms with Crippen LogP contribution < -0.4 is 0 Å². The molecule has 6 heteroatoms. The number of rotatable bonds is 6. The molecule has 5 nitrogen and oxygen atoms in total. The maximum Gasteiger partial charge on any atom is 0.308 e. The van der Waals surface area contributed by atoms with Crippen LogP contribution in [-0.2, 0) is 9.53 Å². The minimum Gasteiger partial charge on any atom is -0.466 e. The van der Waals surface area contributed by atoms with E-state index in [4.69, 9.17) is 0 Å². The Balaban J connectivity index is 2.59. The van der Waals surface area contributed by atoms with E-state index in [0.29, 0.717) is 16.7 Å². The van der Waals surface area contributed by atoms with Crippen molar-refractivity contribution in [3.05, 3.63) is 21.9 Å². The highest BCUT2D eigenvalue weighted by Crippen LogP contribution is 2.24. The van der Waals surface area contributed by atoms with Crippen molar-refractivity contribution >= 4 is 23.6 Å². The van der Waals surface area contributed by atoms with E-state index in [9.17, 15) is 19.8 Å². The fraction of sp³-hybridized carbons (Fsp3) is 0.455. The third-order valence-electron chi connectivity index (χ3n) is 2.14. The van der Waals surface area contributed by atoms with Gasteiger partial charge in [-0.2, -0.15) is 0 Å². The third kappa shape index (κ3) is 3.92. The number of hydrogen-bond acceptors (Lipinski definition) is 6. The minimum atomic E-state index is -1.23. The average Bonchev–Trinajstić information content (AvgIpc) is 2.76. The molecule has 1 rings (SSSR count). The lowest BCUT2D eigenvalue weighted by atomic mass is 10.1. The van der Waals surface area contributed by atoms with Gasteiger partial charge in [-0.15, -0.1) is 11.3 Å². The van der Waals surface area contributed by atoms with Crippen molar-refractivity contribution in [3.8, 4) is 0 Å². The molecule has 0 radical (unpaired) electrons. The van der Waals surface area contributed by atoms with Gasteiger partial charge in [-0.05, 0) is 23.9 Å². The molecule has 1 aromatic rings. The molecule has 0 aromatic carbocycles. The number of carbonyl (C=O) groups is 2. The first-order chi connectivity index (χ1) is 8.08. The molecule has 1 aromatic heterocycles. The molecule has 0 bridgehead atoms. The van der Waals surface area contributed by atoms with Gasteiger partial charge in [0.15, 0.2) is 6.29 Å². The van der Waals surface area contributed by atoms with E-state index in [2.05, 4.69) is 4.74 Å². The zero-order valence-corrected chi connectivity index (χ0v) is 10.1. The quantitative estimate of drug-likeness (QED) is 0.585. The molecule has 0 fully saturated rings. The SMILES string of the molecule is CCOC(=O)CC(O)C(O)c1csc(C=O)c1. The van der Waals surface area contributed by atoms with E-state index in [1.807, 2.05) is 0 Å². The van der Waals surface area contributed by atoms with E-state index >= 15 is 0 Å². The van der Waals surface area contributed by atoms with Gasteiger partial charge in [-0.25, -0.2) is 0 Å². The van der Waals surface area contributed by atoms with Gasteiger partial charge in [-0.1, -0.05) is 0 Å². The Morgan fingerprint density at radius 3 is 2.82 bits per heavy atom. The summed E-state index contributed by atoms with van der Waals surface area (Å²) in [5.74, 6) is -0.565. The van der Waals surface area contributed by atoms with Gasteiger partial charge in [0.1, 0.15) is 6.10 Å². The summed E-state index contributed by atoms with van der Waals surface area (Å²) < 4.78 is 4.66. The summed E-state index contributed by atoms with van der Waals surface area (Å²) in [6.45, 7) is 1.89. The predicted molar refractivity (Wildman–Crippen MR) is 61.9 cm³/mol. The van der Waals surface area contributed by atoms with E-state index in [1.165, 1.54) is 17.4 Å². The highest BCUT2D eigenvalue weighted by Gasteiger charge is 2.22. The zero-order chi connectivity index (χ0) is 12.8. The standard InChI is InChI=1S/C11H14O5S/c1-2-16-10(14)4-9(13)11(15)7-3-8(5-12)17-6-7/h3,5-6,9,11,13,15H,2,4H2,1H3. The van der Waals surface area contributed by atoms with Crippen molar-refractivity contribution in [2.45, 2.75) is 25.6 Å². The van der Waals surface area contributed by atoms with Gasteiger partial charge in [0.05, 0.1) is 24.0 Å². The lowest BCUT2D eigenvalue weighted by Gasteiger charge is -2.15. The van der Waals surface area contributed by atoms with Gasteiger partial charge in [0, 0.05) is 0 Å². The van der Waals surface area contributed by atoms with Crippen LogP contribution in [0.2, 0.25) is 0 Å². The second kappa shape index (κ2) is 6.48. The normalized spacial score (nSPS) is 14.1. The molecule has 0 amide bonds. The van der Waals surface area contributed by atoms with Gasteiger partial charge in [-0.3, -0.25) is 9.59 Å². The number of esters is 1. The van der Waals surface area contributed by atoms with E-state index in [1.54, 1.807) is 12.3 Å². The van der Waals surface area contributed by atoms with Crippen LogP contribution >= 0.6 is 11.3 Å². The molecule has 2 atom stereocenters. The Kier molecular flexibility index (Phi) is 5.27. The number of hydrogen-bond donors (Lipinski definition) is 2. The zero-order valence-electron chi connectivity index (χ0n) is 9.33. The molecule has 0 aliphatic heterocycles. The van der Waals surface area contributed by atoms with Crippen molar-refractivity contribution in [2.24, 2.45) is 0 Å². The summed E-state index contributed by atoms with van der Waals surface area (Å²) in [6.07, 6.45) is -2.03. The Morgan fingerprint density at radius 1 is 1.59 bits per heavy atom. The summed E-state index contributed by atoms with van der Waals surface area (Å²) >= 11 is 1.17. The van der Waals surface area contributed by atoms with Crippen molar-refractivity contribution in [1.29, 1.82) is 0 Å². The number of aldehydes is 1. The van der Waals surface area contributed by atoms with Gasteiger partial charge in [0.2, 0.25) is 0 Å². The smallest absolute Gasteiger partial charge is 0.308 e. The van der Waals surface area contributed by atoms with Gasteiger partial charge in [0.25, 0.3) is 0 Å². The summed E-state index contributed by atoms with van der Waals surface area (Å²) in [6, 6.07) is 1.48. The Labute approximate surface area is 103 Å². The molecule has 94 valence electrons. The van der Waals surface area contributed by atoms with Crippen LogP contribution in [0.3, 0.4) is 0 Å². The lowest BCUT2D eigenvalue weighted by Crippen LogP contribution is -2.22. The Bertz CT molecular complexity index is 387. The second-order valence-electron chi connectivity index (χ2n) is 3.42. The first-order valence-corrected chi connectivity index (χ1v) is 6.01. The van der Waals surface area contributed by atoms with Gasteiger partial charge < -0.3 is 14.9 Å². The molecule has 0 saturated heterocycles. The maximum absolute atomic E-state index is 11.1. The number of thiophene rings is 1. The minimum absolute atomic E-state index is 0.232. The molecule has 1 heterocycles. The van der Waals surface area contributed by atoms with Crippen molar-refractivity contribution < 1.29 is 24.5 Å². The summed E-state index contributed by atoms with van der Waals surface area (Å²) in [5.41, 5.74) is 0.425. The van der Waals surface area contributed by atoms with Crippen molar-refractivity contribution in [1.82, 2.24) is 0 Å². The summed E-state index contributed by atoms with van der Waals surface area (Å²) in [4.78, 5) is 22.0. The number of aliphatic hydroxyl groups is 2. The van der Waals surface area contributed by atoms with Crippen LogP contribution in [0, 0.1) is 0 Å². The largest absolute Gasteiger partial charge is 0.466 e. The van der Waals surface area contributed by atoms with Crippen LogP contribution in [0.15, 0.2) is 11.4 Å². The highest BCUT2D eigenvalue weighted by atomic mass is 32.1. The van der Waals surface area contributed by atoms with Crippen LogP contribution in [-0.4, -0.2) is 35.2 Å². The number of ether oxygens (including phenoxy) is 1. The Morgan fingerprint density at radius 2 is 2.29 bits per heavy atom. The monoisotopic (exact) mass is 258 g/mol. The van der Waals surface area contributed by atoms with Crippen LogP contribution in [0.4, 0.5) is 0 Å². The fourth-order valence-electron chi connectivity index (χ4n) is 1.31. The second-order valence-corrected chi connectivity index (χ2v) is 4.36. The molecule has 17 heavy (non-hydrogen) atoms. The van der Waals surface area contributed by atoms with Crippen LogP contribution in [0.25, 0.3) is 0 Å². The molecular formula is C11H14O5S. The van der Waals surface area contributed by atoms with E-state index in [-0.39, 0.29) is 13.0 Å². The maximum atomic E-state index is 11.1. The lowest BCUT2D eigenvalue weighted by molar-refractivity contribution is -0.147. The van der Waals surface area contributed by atoms with Crippen molar-refractivity contribution in [3.63, 3.8) is 0 Å². The Hall–Kier alpha value is -1.24. The highest BCUT2D eigenvalue weighted by molar-refractivity contribution is 7.11. The van der Waals surface area contributed by atoms with Gasteiger partial charge >= 0.3 is 5.97 Å². The molecular weight excluding hydrogens is 244 g/mol. The molecule has 0 aliphatic rings. The van der Waals surface area contributed by atoms with Crippen molar-refractivity contribution in [2.75, 3.05) is 6.61 Å². The summed E-state index contributed by atoms with van der Waals surface area (Å²) in [7, 11) is 0. The molecule has 0 saturated carbocycles. The van der Waals surface area contributed by atoms with E-state index in [0.717, 1.165) is 0 Å². The van der Waals surface area contributed by atoms with Crippen LogP contribution in [0.5, 0.6) is 0 Å². The third-order valence-corrected chi connectivity index (χ3v) is 3.02.